The van der Waals surface area contributed by atoms with Gasteiger partial charge < -0.3 is 16.2 Å². The third kappa shape index (κ3) is 3.55. The summed E-state index contributed by atoms with van der Waals surface area (Å²) in [6.07, 6.45) is 3.30. The van der Waals surface area contributed by atoms with E-state index in [1.54, 1.807) is 11.8 Å². The van der Waals surface area contributed by atoms with Crippen molar-refractivity contribution < 1.29 is 5.11 Å². The summed E-state index contributed by atoms with van der Waals surface area (Å²) in [7, 11) is 0. The summed E-state index contributed by atoms with van der Waals surface area (Å²) < 4.78 is 4.08. The zero-order valence-electron chi connectivity index (χ0n) is 8.99. The molecule has 15 heavy (non-hydrogen) atoms. The largest absolute Gasteiger partial charge is 0.393 e. The third-order valence-corrected chi connectivity index (χ3v) is 3.88. The normalized spacial score (nSPS) is 12.7. The zero-order chi connectivity index (χ0) is 11.3. The van der Waals surface area contributed by atoms with Gasteiger partial charge in [0.25, 0.3) is 0 Å². The molecule has 0 fully saturated rings. The van der Waals surface area contributed by atoms with Crippen LogP contribution in [-0.2, 0) is 0 Å². The first kappa shape index (κ1) is 12.6. The molecule has 0 spiro atoms. The SMILES string of the molecule is CCC(O)CCNc1snc(N)c1SC. The van der Waals surface area contributed by atoms with Crippen LogP contribution in [0.3, 0.4) is 0 Å². The summed E-state index contributed by atoms with van der Waals surface area (Å²) in [4.78, 5) is 1.01. The lowest BCUT2D eigenvalue weighted by atomic mass is 10.2. The maximum absolute atomic E-state index is 9.39. The number of aliphatic hydroxyl groups excluding tert-OH is 1. The van der Waals surface area contributed by atoms with Crippen LogP contribution in [0.1, 0.15) is 19.8 Å². The predicted octanol–water partition coefficient (Wildman–Crippen LogP) is 2.02. The van der Waals surface area contributed by atoms with E-state index in [1.165, 1.54) is 11.5 Å². The van der Waals surface area contributed by atoms with Gasteiger partial charge in [-0.15, -0.1) is 11.8 Å². The standard InChI is InChI=1S/C9H17N3OS2/c1-3-6(13)4-5-11-9-7(14-2)8(10)12-15-9/h6,11,13H,3-5H2,1-2H3,(H2,10,12). The van der Waals surface area contributed by atoms with Gasteiger partial charge in [-0.25, -0.2) is 0 Å². The van der Waals surface area contributed by atoms with Gasteiger partial charge in [0.2, 0.25) is 0 Å². The Morgan fingerprint density at radius 1 is 1.67 bits per heavy atom. The van der Waals surface area contributed by atoms with Crippen LogP contribution in [0.15, 0.2) is 4.90 Å². The average molecular weight is 247 g/mol. The molecule has 0 bridgehead atoms. The predicted molar refractivity (Wildman–Crippen MR) is 67.7 cm³/mol. The Hall–Kier alpha value is -0.460. The van der Waals surface area contributed by atoms with Crippen LogP contribution in [0.4, 0.5) is 10.8 Å². The number of hydrogen-bond acceptors (Lipinski definition) is 6. The molecular formula is C9H17N3OS2. The number of anilines is 2. The Morgan fingerprint density at radius 3 is 3.00 bits per heavy atom. The van der Waals surface area contributed by atoms with E-state index in [2.05, 4.69) is 9.69 Å². The molecule has 0 aliphatic heterocycles. The van der Waals surface area contributed by atoms with Gasteiger partial charge in [-0.05, 0) is 30.6 Å². The highest BCUT2D eigenvalue weighted by Crippen LogP contribution is 2.34. The number of aromatic nitrogens is 1. The van der Waals surface area contributed by atoms with E-state index in [-0.39, 0.29) is 6.10 Å². The summed E-state index contributed by atoms with van der Waals surface area (Å²) in [6, 6.07) is 0. The maximum atomic E-state index is 9.39. The molecule has 0 amide bonds. The van der Waals surface area contributed by atoms with E-state index in [1.807, 2.05) is 13.2 Å². The van der Waals surface area contributed by atoms with Gasteiger partial charge in [-0.2, -0.15) is 4.37 Å². The monoisotopic (exact) mass is 247 g/mol. The van der Waals surface area contributed by atoms with Crippen molar-refractivity contribution in [3.63, 3.8) is 0 Å². The van der Waals surface area contributed by atoms with E-state index >= 15 is 0 Å². The lowest BCUT2D eigenvalue weighted by Crippen LogP contribution is -2.11. The van der Waals surface area contributed by atoms with Crippen LogP contribution < -0.4 is 11.1 Å². The topological polar surface area (TPSA) is 71.2 Å². The van der Waals surface area contributed by atoms with Crippen LogP contribution in [0.5, 0.6) is 0 Å². The Morgan fingerprint density at radius 2 is 2.40 bits per heavy atom. The first-order valence-electron chi connectivity index (χ1n) is 4.90. The molecule has 6 heteroatoms. The second kappa shape index (κ2) is 6.19. The van der Waals surface area contributed by atoms with Crippen LogP contribution in [0.25, 0.3) is 0 Å². The van der Waals surface area contributed by atoms with Crippen LogP contribution >= 0.6 is 23.3 Å². The average Bonchev–Trinajstić information content (AvgIpc) is 2.59. The molecular weight excluding hydrogens is 230 g/mol. The highest BCUT2D eigenvalue weighted by molar-refractivity contribution is 7.99. The highest BCUT2D eigenvalue weighted by Gasteiger charge is 2.10. The van der Waals surface area contributed by atoms with Crippen LogP contribution in [0, 0.1) is 0 Å². The molecule has 0 aliphatic carbocycles. The van der Waals surface area contributed by atoms with Crippen LogP contribution in [0.2, 0.25) is 0 Å². The molecule has 0 saturated heterocycles. The van der Waals surface area contributed by atoms with Gasteiger partial charge in [0.1, 0.15) is 5.00 Å². The van der Waals surface area contributed by atoms with Crippen molar-refractivity contribution in [2.24, 2.45) is 0 Å². The quantitative estimate of drug-likeness (QED) is 0.671. The number of nitrogens with two attached hydrogens (primary N) is 1. The molecule has 1 aromatic heterocycles. The van der Waals surface area contributed by atoms with Gasteiger partial charge in [0, 0.05) is 6.54 Å². The van der Waals surface area contributed by atoms with Gasteiger partial charge in [-0.3, -0.25) is 0 Å². The molecule has 0 aliphatic rings. The molecule has 0 aromatic carbocycles. The fourth-order valence-electron chi connectivity index (χ4n) is 1.16. The van der Waals surface area contributed by atoms with Gasteiger partial charge in [0.15, 0.2) is 5.82 Å². The van der Waals surface area contributed by atoms with Crippen molar-refractivity contribution in [3.8, 4) is 0 Å². The zero-order valence-corrected chi connectivity index (χ0v) is 10.6. The molecule has 4 N–H and O–H groups in total. The number of nitrogens with one attached hydrogen (secondary N) is 1. The molecule has 86 valence electrons. The number of nitrogen functional groups attached to an aromatic ring is 1. The van der Waals surface area contributed by atoms with E-state index in [0.29, 0.717) is 5.82 Å². The molecule has 0 saturated carbocycles. The summed E-state index contributed by atoms with van der Waals surface area (Å²) in [6.45, 7) is 2.73. The highest BCUT2D eigenvalue weighted by atomic mass is 32.2. The maximum Gasteiger partial charge on any atom is 0.153 e. The number of rotatable bonds is 6. The minimum Gasteiger partial charge on any atom is -0.393 e. The summed E-state index contributed by atoms with van der Waals surface area (Å²) in [5.74, 6) is 0.589. The van der Waals surface area contributed by atoms with E-state index in [4.69, 9.17) is 5.73 Å². The number of hydrogen-bond donors (Lipinski definition) is 3. The Labute approximate surface area is 98.4 Å². The minimum absolute atomic E-state index is 0.222. The molecule has 1 aromatic rings. The van der Waals surface area contributed by atoms with Crippen molar-refractivity contribution >= 4 is 34.1 Å². The van der Waals surface area contributed by atoms with Crippen LogP contribution in [-0.4, -0.2) is 28.4 Å². The molecule has 0 radical (unpaired) electrons. The van der Waals surface area contributed by atoms with Crippen molar-refractivity contribution in [1.29, 1.82) is 0 Å². The fraction of sp³-hybridized carbons (Fsp3) is 0.667. The van der Waals surface area contributed by atoms with Crippen molar-refractivity contribution in [3.05, 3.63) is 0 Å². The lowest BCUT2D eigenvalue weighted by molar-refractivity contribution is 0.164. The van der Waals surface area contributed by atoms with Gasteiger partial charge in [0.05, 0.1) is 11.0 Å². The summed E-state index contributed by atoms with van der Waals surface area (Å²) in [5.41, 5.74) is 5.70. The number of thioether (sulfide) groups is 1. The molecule has 1 heterocycles. The third-order valence-electron chi connectivity index (χ3n) is 2.11. The van der Waals surface area contributed by atoms with E-state index in [9.17, 15) is 5.11 Å². The molecule has 1 unspecified atom stereocenters. The molecule has 1 rings (SSSR count). The second-order valence-corrected chi connectivity index (χ2v) is 4.80. The first-order valence-corrected chi connectivity index (χ1v) is 6.89. The van der Waals surface area contributed by atoms with Crippen molar-refractivity contribution in [1.82, 2.24) is 4.37 Å². The first-order chi connectivity index (χ1) is 7.19. The van der Waals surface area contributed by atoms with Crippen molar-refractivity contribution in [2.75, 3.05) is 23.9 Å². The second-order valence-electron chi connectivity index (χ2n) is 3.21. The number of aliphatic hydroxyl groups is 1. The Bertz CT molecular complexity index is 304. The van der Waals surface area contributed by atoms with Gasteiger partial charge >= 0.3 is 0 Å². The summed E-state index contributed by atoms with van der Waals surface area (Å²) in [5, 5.41) is 13.6. The van der Waals surface area contributed by atoms with Crippen molar-refractivity contribution in [2.45, 2.75) is 30.8 Å². The summed E-state index contributed by atoms with van der Waals surface area (Å²) >= 11 is 2.96. The van der Waals surface area contributed by atoms with E-state index < -0.39 is 0 Å². The Kier molecular flexibility index (Phi) is 5.21. The van der Waals surface area contributed by atoms with Gasteiger partial charge in [-0.1, -0.05) is 6.92 Å². The minimum atomic E-state index is -0.222. The number of nitrogens with zero attached hydrogens (tertiary/aromatic N) is 1. The lowest BCUT2D eigenvalue weighted by Gasteiger charge is -2.08. The van der Waals surface area contributed by atoms with E-state index in [0.717, 1.165) is 29.3 Å². The fourth-order valence-corrected chi connectivity index (χ4v) is 2.73. The molecule has 4 nitrogen and oxygen atoms in total. The smallest absolute Gasteiger partial charge is 0.153 e. The Balaban J connectivity index is 2.43. The molecule has 1 atom stereocenters.